The molecule has 30 heavy (non-hydrogen) atoms. The zero-order valence-corrected chi connectivity index (χ0v) is 18.7. The molecule has 0 bridgehead atoms. The molecule has 1 aromatic carbocycles. The van der Waals surface area contributed by atoms with E-state index in [1.54, 1.807) is 0 Å². The zero-order chi connectivity index (χ0) is 21.3. The molecule has 0 saturated heterocycles. The van der Waals surface area contributed by atoms with Gasteiger partial charge in [0.05, 0.1) is 17.1 Å². The van der Waals surface area contributed by atoms with Gasteiger partial charge in [0.2, 0.25) is 0 Å². The largest absolute Gasteiger partial charge is 0.305 e. The van der Waals surface area contributed by atoms with E-state index in [4.69, 9.17) is 5.10 Å². The van der Waals surface area contributed by atoms with Gasteiger partial charge in [0.15, 0.2) is 0 Å². The molecule has 3 aromatic rings. The number of rotatable bonds is 5. The van der Waals surface area contributed by atoms with Gasteiger partial charge in [-0.1, -0.05) is 51.1 Å². The van der Waals surface area contributed by atoms with E-state index in [0.29, 0.717) is 12.0 Å². The first-order chi connectivity index (χ1) is 14.3. The van der Waals surface area contributed by atoms with Crippen molar-refractivity contribution in [2.24, 2.45) is 0 Å². The predicted octanol–water partition coefficient (Wildman–Crippen LogP) is 5.38. The molecular weight excluding hydrogens is 368 g/mol. The van der Waals surface area contributed by atoms with Gasteiger partial charge in [-0.05, 0) is 55.5 Å². The Balaban J connectivity index is 1.48. The van der Waals surface area contributed by atoms with Crippen molar-refractivity contribution in [1.29, 1.82) is 0 Å². The van der Waals surface area contributed by atoms with Crippen LogP contribution in [0.1, 0.15) is 61.3 Å². The Hall–Kier alpha value is -2.72. The second-order valence-electron chi connectivity index (χ2n) is 9.33. The van der Waals surface area contributed by atoms with E-state index in [1.165, 1.54) is 16.8 Å². The van der Waals surface area contributed by atoms with Crippen LogP contribution in [-0.2, 0) is 12.0 Å². The molecule has 4 nitrogen and oxygen atoms in total. The Morgan fingerprint density at radius 2 is 1.80 bits per heavy atom. The molecule has 0 aliphatic heterocycles. The van der Waals surface area contributed by atoms with Crippen LogP contribution >= 0.6 is 0 Å². The summed E-state index contributed by atoms with van der Waals surface area (Å²) in [6.07, 6.45) is 7.53. The van der Waals surface area contributed by atoms with Gasteiger partial charge < -0.3 is 5.32 Å². The van der Waals surface area contributed by atoms with Gasteiger partial charge in [0.1, 0.15) is 0 Å². The van der Waals surface area contributed by atoms with Gasteiger partial charge in [0.25, 0.3) is 0 Å². The maximum absolute atomic E-state index is 4.89. The van der Waals surface area contributed by atoms with Gasteiger partial charge in [-0.25, -0.2) is 4.68 Å². The molecule has 4 heteroatoms. The third-order valence-corrected chi connectivity index (χ3v) is 6.05. The highest BCUT2D eigenvalue weighted by molar-refractivity contribution is 5.43. The van der Waals surface area contributed by atoms with Crippen molar-refractivity contribution in [3.8, 4) is 5.69 Å². The Kier molecular flexibility index (Phi) is 5.61. The van der Waals surface area contributed by atoms with Crippen LogP contribution in [0.15, 0.2) is 60.8 Å². The quantitative estimate of drug-likeness (QED) is 0.585. The Labute approximate surface area is 180 Å². The molecule has 2 atom stereocenters. The van der Waals surface area contributed by atoms with Crippen LogP contribution < -0.4 is 5.32 Å². The molecule has 1 aliphatic rings. The third-order valence-electron chi connectivity index (χ3n) is 6.05. The smallest absolute Gasteiger partial charge is 0.0649 e. The first kappa shape index (κ1) is 20.5. The number of nitrogens with zero attached hydrogens (tertiary/aromatic N) is 3. The third kappa shape index (κ3) is 4.24. The van der Waals surface area contributed by atoms with E-state index in [9.17, 15) is 0 Å². The molecule has 1 aliphatic carbocycles. The molecule has 0 spiro atoms. The van der Waals surface area contributed by atoms with E-state index in [2.05, 4.69) is 92.1 Å². The lowest BCUT2D eigenvalue weighted by Crippen LogP contribution is -2.25. The lowest BCUT2D eigenvalue weighted by molar-refractivity contribution is 0.554. The van der Waals surface area contributed by atoms with Crippen molar-refractivity contribution in [3.63, 3.8) is 0 Å². The second kappa shape index (κ2) is 8.19. The topological polar surface area (TPSA) is 42.7 Å². The minimum absolute atomic E-state index is 0.157. The number of nitrogens with one attached hydrogen (secondary N) is 1. The van der Waals surface area contributed by atoms with Crippen molar-refractivity contribution >= 4 is 0 Å². The molecule has 0 radical (unpaired) electrons. The summed E-state index contributed by atoms with van der Waals surface area (Å²) in [6, 6.07) is 15.2. The summed E-state index contributed by atoms with van der Waals surface area (Å²) in [5.41, 5.74) is 7.41. The highest BCUT2D eigenvalue weighted by Crippen LogP contribution is 2.34. The highest BCUT2D eigenvalue weighted by Gasteiger charge is 2.26. The van der Waals surface area contributed by atoms with Crippen molar-refractivity contribution in [2.45, 2.75) is 65.0 Å². The zero-order valence-electron chi connectivity index (χ0n) is 18.7. The first-order valence-electron chi connectivity index (χ1n) is 10.8. The fraction of sp³-hybridized carbons (Fsp3) is 0.385. The lowest BCUT2D eigenvalue weighted by Gasteiger charge is -2.19. The number of hydrogen-bond donors (Lipinski definition) is 1. The van der Waals surface area contributed by atoms with E-state index in [-0.39, 0.29) is 5.41 Å². The van der Waals surface area contributed by atoms with Gasteiger partial charge in [-0.15, -0.1) is 0 Å². The van der Waals surface area contributed by atoms with Crippen molar-refractivity contribution in [3.05, 3.63) is 89.0 Å². The normalized spacial score (nSPS) is 18.8. The monoisotopic (exact) mass is 400 g/mol. The molecule has 0 unspecified atom stereocenters. The van der Waals surface area contributed by atoms with Crippen molar-refractivity contribution < 1.29 is 0 Å². The summed E-state index contributed by atoms with van der Waals surface area (Å²) < 4.78 is 2.10. The number of benzene rings is 1. The van der Waals surface area contributed by atoms with Crippen molar-refractivity contribution in [1.82, 2.24) is 20.1 Å². The van der Waals surface area contributed by atoms with Gasteiger partial charge in [-0.3, -0.25) is 4.98 Å². The van der Waals surface area contributed by atoms with Crippen LogP contribution in [-0.4, -0.2) is 20.8 Å². The van der Waals surface area contributed by atoms with E-state index >= 15 is 0 Å². The fourth-order valence-electron chi connectivity index (χ4n) is 4.35. The minimum atomic E-state index is 0.157. The summed E-state index contributed by atoms with van der Waals surface area (Å²) in [5.74, 6) is 0.397. The predicted molar refractivity (Wildman–Crippen MR) is 123 cm³/mol. The lowest BCUT2D eigenvalue weighted by atomic mass is 9.87. The number of pyridine rings is 1. The standard InChI is InChI=1S/C26H32N4/c1-18-25(20-9-12-22(16-20)28-17-23-8-6-7-15-27-23)19(2)30(29-18)24-13-10-21(11-14-24)26(3,4)5/h6-15,20,22,28H,16-17H2,1-5H3/t20-,22-/m1/s1. The molecule has 156 valence electrons. The second-order valence-corrected chi connectivity index (χ2v) is 9.33. The van der Waals surface area contributed by atoms with Crippen LogP contribution in [0.4, 0.5) is 0 Å². The minimum Gasteiger partial charge on any atom is -0.305 e. The summed E-state index contributed by atoms with van der Waals surface area (Å²) in [4.78, 5) is 4.40. The average Bonchev–Trinajstić information content (AvgIpc) is 3.30. The Morgan fingerprint density at radius 1 is 1.03 bits per heavy atom. The molecule has 0 saturated carbocycles. The number of aryl methyl sites for hydroxylation is 1. The molecular formula is C26H32N4. The molecule has 0 amide bonds. The summed E-state index contributed by atoms with van der Waals surface area (Å²) in [7, 11) is 0. The average molecular weight is 401 g/mol. The van der Waals surface area contributed by atoms with Gasteiger partial charge in [0, 0.05) is 36.0 Å². The molecule has 0 fully saturated rings. The first-order valence-corrected chi connectivity index (χ1v) is 10.8. The van der Waals surface area contributed by atoms with Crippen LogP contribution in [0.25, 0.3) is 5.69 Å². The van der Waals surface area contributed by atoms with Crippen LogP contribution in [0.5, 0.6) is 0 Å². The van der Waals surface area contributed by atoms with E-state index < -0.39 is 0 Å². The van der Waals surface area contributed by atoms with E-state index in [1.807, 2.05) is 18.3 Å². The number of aromatic nitrogens is 3. The maximum Gasteiger partial charge on any atom is 0.0649 e. The Bertz CT molecular complexity index is 1020. The molecule has 2 heterocycles. The molecule has 1 N–H and O–H groups in total. The highest BCUT2D eigenvalue weighted by atomic mass is 15.3. The maximum atomic E-state index is 4.89. The number of allylic oxidation sites excluding steroid dienone is 1. The SMILES string of the molecule is Cc1nn(-c2ccc(C(C)(C)C)cc2)c(C)c1[C@@H]1C=C[C@@H](NCc2ccccn2)C1. The summed E-state index contributed by atoms with van der Waals surface area (Å²) in [6.45, 7) is 11.8. The Morgan fingerprint density at radius 3 is 2.47 bits per heavy atom. The van der Waals surface area contributed by atoms with E-state index in [0.717, 1.165) is 30.0 Å². The molecule has 2 aromatic heterocycles. The van der Waals surface area contributed by atoms with Crippen molar-refractivity contribution in [2.75, 3.05) is 0 Å². The van der Waals surface area contributed by atoms with Crippen LogP contribution in [0.2, 0.25) is 0 Å². The van der Waals surface area contributed by atoms with Crippen LogP contribution in [0, 0.1) is 13.8 Å². The summed E-state index contributed by atoms with van der Waals surface area (Å²) >= 11 is 0. The number of hydrogen-bond acceptors (Lipinski definition) is 3. The molecule has 4 rings (SSSR count). The fourth-order valence-corrected chi connectivity index (χ4v) is 4.35. The summed E-state index contributed by atoms with van der Waals surface area (Å²) in [5, 5.41) is 8.51. The van der Waals surface area contributed by atoms with Gasteiger partial charge in [-0.2, -0.15) is 5.10 Å². The van der Waals surface area contributed by atoms with Crippen LogP contribution in [0.3, 0.4) is 0 Å². The van der Waals surface area contributed by atoms with Gasteiger partial charge >= 0.3 is 0 Å².